The average Bonchev–Trinajstić information content (AvgIpc) is 2.97. The van der Waals surface area contributed by atoms with Gasteiger partial charge in [0.2, 0.25) is 5.91 Å². The maximum absolute atomic E-state index is 13.8. The van der Waals surface area contributed by atoms with Gasteiger partial charge in [0.15, 0.2) is 0 Å². The van der Waals surface area contributed by atoms with Gasteiger partial charge in [-0.25, -0.2) is 4.39 Å². The zero-order chi connectivity index (χ0) is 18.5. The third kappa shape index (κ3) is 2.70. The number of amides is 1. The maximum Gasteiger partial charge on any atom is 0.220 e. The van der Waals surface area contributed by atoms with Crippen LogP contribution in [-0.4, -0.2) is 17.9 Å². The number of aromatic nitrogens is 1. The van der Waals surface area contributed by atoms with E-state index in [1.807, 2.05) is 6.20 Å². The minimum atomic E-state index is -0.201. The first-order chi connectivity index (χ1) is 12.3. The molecule has 2 unspecified atom stereocenters. The number of hydrogen-bond donors (Lipinski definition) is 1. The van der Waals surface area contributed by atoms with Gasteiger partial charge in [0.25, 0.3) is 0 Å². The number of halogens is 1. The molecule has 0 saturated heterocycles. The van der Waals surface area contributed by atoms with E-state index < -0.39 is 0 Å². The molecular formula is C22H27FN2O. The molecule has 4 atom stereocenters. The van der Waals surface area contributed by atoms with E-state index in [0.29, 0.717) is 18.3 Å². The van der Waals surface area contributed by atoms with Crippen LogP contribution in [0, 0.1) is 22.6 Å². The van der Waals surface area contributed by atoms with Gasteiger partial charge in [-0.15, -0.1) is 0 Å². The van der Waals surface area contributed by atoms with Crippen LogP contribution in [0.3, 0.4) is 0 Å². The van der Waals surface area contributed by atoms with Crippen molar-refractivity contribution in [2.45, 2.75) is 51.9 Å². The fourth-order valence-corrected chi connectivity index (χ4v) is 5.88. The van der Waals surface area contributed by atoms with Gasteiger partial charge in [-0.1, -0.05) is 13.8 Å². The van der Waals surface area contributed by atoms with Crippen molar-refractivity contribution in [1.29, 1.82) is 0 Å². The van der Waals surface area contributed by atoms with Crippen molar-refractivity contribution in [2.24, 2.45) is 16.7 Å². The number of pyridine rings is 1. The van der Waals surface area contributed by atoms with Crippen LogP contribution in [0.25, 0.3) is 10.9 Å². The first kappa shape index (κ1) is 17.4. The average molecular weight is 354 g/mol. The number of nitrogens with one attached hydrogen (secondary N) is 1. The smallest absolute Gasteiger partial charge is 0.220 e. The Morgan fingerprint density at radius 2 is 1.88 bits per heavy atom. The highest BCUT2D eigenvalue weighted by atomic mass is 19.1. The Hall–Kier alpha value is -1.97. The predicted octanol–water partition coefficient (Wildman–Crippen LogP) is 4.81. The topological polar surface area (TPSA) is 42.0 Å². The van der Waals surface area contributed by atoms with Crippen LogP contribution in [0.2, 0.25) is 0 Å². The summed E-state index contributed by atoms with van der Waals surface area (Å²) < 4.78 is 13.8. The standard InChI is InChI=1S/C22H27FN2O/c1-21-10-14(8-20(26)24-3)11-22(21,2)13-15(12-21)17-6-7-25-19-5-4-16(23)9-18(17)19/h4-7,9,14-15H,8,10-13H2,1-3H3,(H,24,26)/t14?,15?,21-,22+. The Labute approximate surface area is 154 Å². The molecule has 2 saturated carbocycles. The number of rotatable bonds is 3. The number of benzene rings is 1. The van der Waals surface area contributed by atoms with E-state index in [2.05, 4.69) is 30.2 Å². The molecule has 2 aliphatic rings. The summed E-state index contributed by atoms with van der Waals surface area (Å²) in [5.74, 6) is 0.845. The fraction of sp³-hybridized carbons (Fsp3) is 0.545. The highest BCUT2D eigenvalue weighted by Crippen LogP contribution is 2.68. The van der Waals surface area contributed by atoms with Crippen LogP contribution in [0.5, 0.6) is 0 Å². The zero-order valence-corrected chi connectivity index (χ0v) is 15.8. The van der Waals surface area contributed by atoms with Crippen LogP contribution < -0.4 is 5.32 Å². The molecule has 0 bridgehead atoms. The normalized spacial score (nSPS) is 33.4. The molecular weight excluding hydrogens is 327 g/mol. The number of carbonyl (C=O) groups is 1. The summed E-state index contributed by atoms with van der Waals surface area (Å²) in [5.41, 5.74) is 2.57. The maximum atomic E-state index is 13.8. The number of fused-ring (bicyclic) bond motifs is 2. The van der Waals surface area contributed by atoms with E-state index >= 15 is 0 Å². The lowest BCUT2D eigenvalue weighted by Crippen LogP contribution is -2.25. The van der Waals surface area contributed by atoms with E-state index in [0.717, 1.165) is 36.6 Å². The van der Waals surface area contributed by atoms with Gasteiger partial charge in [0.05, 0.1) is 5.52 Å². The second-order valence-corrected chi connectivity index (χ2v) is 8.94. The van der Waals surface area contributed by atoms with E-state index in [-0.39, 0.29) is 22.6 Å². The highest BCUT2D eigenvalue weighted by Gasteiger charge is 2.58. The molecule has 1 aromatic carbocycles. The Morgan fingerprint density at radius 3 is 2.54 bits per heavy atom. The van der Waals surface area contributed by atoms with Crippen LogP contribution in [0.4, 0.5) is 4.39 Å². The Kier molecular flexibility index (Phi) is 4.05. The first-order valence-corrected chi connectivity index (χ1v) is 9.58. The molecule has 3 nitrogen and oxygen atoms in total. The van der Waals surface area contributed by atoms with Crippen LogP contribution in [0.15, 0.2) is 30.5 Å². The highest BCUT2D eigenvalue weighted by molar-refractivity contribution is 5.82. The quantitative estimate of drug-likeness (QED) is 0.859. The van der Waals surface area contributed by atoms with Crippen LogP contribution in [-0.2, 0) is 4.79 Å². The Balaban J connectivity index is 1.62. The van der Waals surface area contributed by atoms with E-state index in [4.69, 9.17) is 0 Å². The first-order valence-electron chi connectivity index (χ1n) is 9.58. The van der Waals surface area contributed by atoms with Crippen molar-refractivity contribution in [1.82, 2.24) is 10.3 Å². The second-order valence-electron chi connectivity index (χ2n) is 8.94. The summed E-state index contributed by atoms with van der Waals surface area (Å²) in [6.07, 6.45) is 6.89. The Morgan fingerprint density at radius 1 is 1.19 bits per heavy atom. The van der Waals surface area contributed by atoms with Crippen molar-refractivity contribution in [2.75, 3.05) is 7.05 Å². The van der Waals surface area contributed by atoms with Gasteiger partial charge < -0.3 is 5.32 Å². The molecule has 26 heavy (non-hydrogen) atoms. The summed E-state index contributed by atoms with van der Waals surface area (Å²) in [6.45, 7) is 4.78. The number of hydrogen-bond acceptors (Lipinski definition) is 2. The molecule has 1 heterocycles. The van der Waals surface area contributed by atoms with E-state index in [1.165, 1.54) is 11.6 Å². The molecule has 2 aromatic rings. The molecule has 1 amide bonds. The monoisotopic (exact) mass is 354 g/mol. The lowest BCUT2D eigenvalue weighted by atomic mass is 9.71. The summed E-state index contributed by atoms with van der Waals surface area (Å²) in [5, 5.41) is 3.71. The predicted molar refractivity (Wildman–Crippen MR) is 101 cm³/mol. The zero-order valence-electron chi connectivity index (χ0n) is 15.8. The summed E-state index contributed by atoms with van der Waals surface area (Å²) in [4.78, 5) is 16.2. The third-order valence-corrected chi connectivity index (χ3v) is 7.26. The SMILES string of the molecule is CNC(=O)CC1C[C@@]2(C)CC(c3ccnc4ccc(F)cc34)C[C@@]2(C)C1. The summed E-state index contributed by atoms with van der Waals surface area (Å²) >= 11 is 0. The van der Waals surface area contributed by atoms with E-state index in [1.54, 1.807) is 19.2 Å². The van der Waals surface area contributed by atoms with E-state index in [9.17, 15) is 9.18 Å². The van der Waals surface area contributed by atoms with Crippen molar-refractivity contribution >= 4 is 16.8 Å². The van der Waals surface area contributed by atoms with Crippen molar-refractivity contribution < 1.29 is 9.18 Å². The number of nitrogens with zero attached hydrogens (tertiary/aromatic N) is 1. The second kappa shape index (κ2) is 6.04. The molecule has 4 heteroatoms. The molecule has 2 aliphatic carbocycles. The molecule has 0 spiro atoms. The van der Waals surface area contributed by atoms with Gasteiger partial charge in [-0.3, -0.25) is 9.78 Å². The molecule has 1 N–H and O–H groups in total. The van der Waals surface area contributed by atoms with Gasteiger partial charge in [0, 0.05) is 25.1 Å². The minimum Gasteiger partial charge on any atom is -0.359 e. The molecule has 0 aliphatic heterocycles. The summed E-state index contributed by atoms with van der Waals surface area (Å²) in [6, 6.07) is 6.95. The van der Waals surface area contributed by atoms with Crippen molar-refractivity contribution in [3.8, 4) is 0 Å². The Bertz CT molecular complexity index is 846. The lowest BCUT2D eigenvalue weighted by molar-refractivity contribution is -0.121. The largest absolute Gasteiger partial charge is 0.359 e. The number of carbonyl (C=O) groups excluding carboxylic acids is 1. The third-order valence-electron chi connectivity index (χ3n) is 7.26. The van der Waals surface area contributed by atoms with Gasteiger partial charge in [-0.2, -0.15) is 0 Å². The molecule has 0 radical (unpaired) electrons. The lowest BCUT2D eigenvalue weighted by Gasteiger charge is -2.34. The van der Waals surface area contributed by atoms with Gasteiger partial charge in [0.1, 0.15) is 5.82 Å². The molecule has 138 valence electrons. The minimum absolute atomic E-state index is 0.148. The van der Waals surface area contributed by atoms with Gasteiger partial charge in [-0.05, 0) is 78.2 Å². The molecule has 4 rings (SSSR count). The van der Waals surface area contributed by atoms with Crippen molar-refractivity contribution in [3.63, 3.8) is 0 Å². The fourth-order valence-electron chi connectivity index (χ4n) is 5.88. The molecule has 1 aromatic heterocycles. The van der Waals surface area contributed by atoms with Crippen molar-refractivity contribution in [3.05, 3.63) is 41.8 Å². The summed E-state index contributed by atoms with van der Waals surface area (Å²) in [7, 11) is 1.71. The van der Waals surface area contributed by atoms with Crippen LogP contribution in [0.1, 0.15) is 57.4 Å². The molecule has 2 fully saturated rings. The van der Waals surface area contributed by atoms with Gasteiger partial charge >= 0.3 is 0 Å². The van der Waals surface area contributed by atoms with Crippen LogP contribution >= 0.6 is 0 Å².